The van der Waals surface area contributed by atoms with Gasteiger partial charge in [0.05, 0.1) is 0 Å². The number of rotatable bonds is 4. The van der Waals surface area contributed by atoms with Crippen molar-refractivity contribution in [1.82, 2.24) is 10.2 Å². The highest BCUT2D eigenvalue weighted by molar-refractivity contribution is 5.34. The Kier molecular flexibility index (Phi) is 3.74. The third-order valence-corrected chi connectivity index (χ3v) is 2.73. The Balaban J connectivity index is 1.67. The number of hydrogen-bond acceptors (Lipinski definition) is 6. The number of phenols is 2. The van der Waals surface area contributed by atoms with E-state index in [9.17, 15) is 10.2 Å². The third kappa shape index (κ3) is 3.43. The van der Waals surface area contributed by atoms with Crippen LogP contribution in [0.1, 0.15) is 0 Å². The molecule has 0 spiro atoms. The fourth-order valence-corrected chi connectivity index (χ4v) is 1.69. The van der Waals surface area contributed by atoms with Crippen LogP contribution in [0.4, 0.5) is 0 Å². The van der Waals surface area contributed by atoms with E-state index in [-0.39, 0.29) is 11.5 Å². The minimum absolute atomic E-state index is 0.163. The van der Waals surface area contributed by atoms with Crippen molar-refractivity contribution in [2.45, 2.75) is 0 Å². The molecule has 110 valence electrons. The molecular weight excluding hydrogens is 284 g/mol. The highest BCUT2D eigenvalue weighted by Gasteiger charge is 2.03. The number of aromatic nitrogens is 2. The van der Waals surface area contributed by atoms with Gasteiger partial charge in [0.2, 0.25) is 11.8 Å². The van der Waals surface area contributed by atoms with Gasteiger partial charge in [-0.2, -0.15) is 0 Å². The topological polar surface area (TPSA) is 84.7 Å². The number of nitrogens with zero attached hydrogens (tertiary/aromatic N) is 2. The van der Waals surface area contributed by atoms with Crippen LogP contribution in [0.15, 0.2) is 60.7 Å². The SMILES string of the molecule is Oc1ccc(Oc2ccc(Oc3ccc(O)cc3)nn2)cc1. The first-order valence-electron chi connectivity index (χ1n) is 6.46. The molecule has 0 saturated carbocycles. The number of aromatic hydroxyl groups is 2. The number of benzene rings is 2. The molecular formula is C16H12N2O4. The molecule has 0 atom stereocenters. The van der Waals surface area contributed by atoms with Crippen molar-refractivity contribution < 1.29 is 19.7 Å². The van der Waals surface area contributed by atoms with Crippen LogP contribution in [0, 0.1) is 0 Å². The van der Waals surface area contributed by atoms with E-state index in [0.29, 0.717) is 23.3 Å². The second-order valence-corrected chi connectivity index (χ2v) is 4.40. The number of phenolic OH excluding ortho intramolecular Hbond substituents is 2. The molecule has 0 radical (unpaired) electrons. The van der Waals surface area contributed by atoms with Crippen molar-refractivity contribution in [3.63, 3.8) is 0 Å². The maximum atomic E-state index is 9.20. The van der Waals surface area contributed by atoms with E-state index in [0.717, 1.165) is 0 Å². The van der Waals surface area contributed by atoms with Crippen LogP contribution in [-0.2, 0) is 0 Å². The zero-order valence-electron chi connectivity index (χ0n) is 11.4. The first-order valence-corrected chi connectivity index (χ1v) is 6.46. The fraction of sp³-hybridized carbons (Fsp3) is 0. The van der Waals surface area contributed by atoms with E-state index >= 15 is 0 Å². The van der Waals surface area contributed by atoms with Crippen LogP contribution in [0.25, 0.3) is 0 Å². The molecule has 2 N–H and O–H groups in total. The van der Waals surface area contributed by atoms with Gasteiger partial charge in [0.25, 0.3) is 0 Å². The normalized spacial score (nSPS) is 10.2. The van der Waals surface area contributed by atoms with E-state index in [1.807, 2.05) is 0 Å². The minimum atomic E-state index is 0.163. The lowest BCUT2D eigenvalue weighted by atomic mass is 10.3. The second-order valence-electron chi connectivity index (χ2n) is 4.40. The molecule has 0 bridgehead atoms. The Morgan fingerprint density at radius 3 is 1.23 bits per heavy atom. The maximum absolute atomic E-state index is 9.20. The molecule has 3 aromatic rings. The summed E-state index contributed by atoms with van der Waals surface area (Å²) in [6, 6.07) is 15.8. The molecule has 0 amide bonds. The van der Waals surface area contributed by atoms with Crippen LogP contribution < -0.4 is 9.47 Å². The van der Waals surface area contributed by atoms with Crippen molar-refractivity contribution in [1.29, 1.82) is 0 Å². The van der Waals surface area contributed by atoms with E-state index < -0.39 is 0 Å². The minimum Gasteiger partial charge on any atom is -0.508 e. The maximum Gasteiger partial charge on any atom is 0.239 e. The molecule has 0 aliphatic rings. The summed E-state index contributed by atoms with van der Waals surface area (Å²) in [5.74, 6) is 2.03. The lowest BCUT2D eigenvalue weighted by Crippen LogP contribution is -1.93. The van der Waals surface area contributed by atoms with E-state index in [2.05, 4.69) is 10.2 Å². The van der Waals surface area contributed by atoms with E-state index in [1.165, 1.54) is 24.3 Å². The van der Waals surface area contributed by atoms with Crippen molar-refractivity contribution in [3.05, 3.63) is 60.7 Å². The molecule has 0 fully saturated rings. The van der Waals surface area contributed by atoms with Crippen LogP contribution in [0.3, 0.4) is 0 Å². The molecule has 3 rings (SSSR count). The van der Waals surface area contributed by atoms with Crippen LogP contribution in [0.5, 0.6) is 34.8 Å². The number of hydrogen-bond donors (Lipinski definition) is 2. The summed E-state index contributed by atoms with van der Waals surface area (Å²) in [6.45, 7) is 0. The largest absolute Gasteiger partial charge is 0.508 e. The molecule has 2 aromatic carbocycles. The number of ether oxygens (including phenoxy) is 2. The lowest BCUT2D eigenvalue weighted by Gasteiger charge is -2.06. The fourth-order valence-electron chi connectivity index (χ4n) is 1.69. The molecule has 6 nitrogen and oxygen atoms in total. The average molecular weight is 296 g/mol. The smallest absolute Gasteiger partial charge is 0.239 e. The summed E-state index contributed by atoms with van der Waals surface area (Å²) in [5, 5.41) is 26.2. The standard InChI is InChI=1S/C16H12N2O4/c19-11-1-5-13(6-2-11)21-15-9-10-16(18-17-15)22-14-7-3-12(20)4-8-14/h1-10,19-20H. The Bertz CT molecular complexity index is 674. The molecule has 1 heterocycles. The highest BCUT2D eigenvalue weighted by atomic mass is 16.5. The zero-order valence-corrected chi connectivity index (χ0v) is 11.4. The first-order chi connectivity index (χ1) is 10.7. The van der Waals surface area contributed by atoms with Gasteiger partial charge < -0.3 is 19.7 Å². The van der Waals surface area contributed by atoms with Crippen molar-refractivity contribution >= 4 is 0 Å². The van der Waals surface area contributed by atoms with Gasteiger partial charge in [-0.15, -0.1) is 10.2 Å². The molecule has 0 saturated heterocycles. The summed E-state index contributed by atoms with van der Waals surface area (Å²) >= 11 is 0. The predicted molar refractivity (Wildman–Crippen MR) is 78.4 cm³/mol. The van der Waals surface area contributed by atoms with Crippen molar-refractivity contribution in [2.75, 3.05) is 0 Å². The Morgan fingerprint density at radius 2 is 0.909 bits per heavy atom. The Hall–Kier alpha value is -3.28. The predicted octanol–water partition coefficient (Wildman–Crippen LogP) is 3.47. The zero-order chi connectivity index (χ0) is 15.4. The van der Waals surface area contributed by atoms with Crippen molar-refractivity contribution in [2.24, 2.45) is 0 Å². The van der Waals surface area contributed by atoms with Gasteiger partial charge >= 0.3 is 0 Å². The molecule has 0 unspecified atom stereocenters. The summed E-state index contributed by atoms with van der Waals surface area (Å²) in [4.78, 5) is 0. The molecule has 0 aliphatic heterocycles. The van der Waals surface area contributed by atoms with Crippen LogP contribution >= 0.6 is 0 Å². The second kappa shape index (κ2) is 6.01. The van der Waals surface area contributed by atoms with Gasteiger partial charge in [0.15, 0.2) is 0 Å². The van der Waals surface area contributed by atoms with Gasteiger partial charge in [-0.05, 0) is 48.5 Å². The van der Waals surface area contributed by atoms with Gasteiger partial charge in [-0.1, -0.05) is 0 Å². The first kappa shape index (κ1) is 13.7. The van der Waals surface area contributed by atoms with Gasteiger partial charge in [-0.3, -0.25) is 0 Å². The molecule has 1 aromatic heterocycles. The highest BCUT2D eigenvalue weighted by Crippen LogP contribution is 2.24. The Morgan fingerprint density at radius 1 is 0.545 bits per heavy atom. The third-order valence-electron chi connectivity index (χ3n) is 2.73. The lowest BCUT2D eigenvalue weighted by molar-refractivity contribution is 0.424. The van der Waals surface area contributed by atoms with Gasteiger partial charge in [-0.25, -0.2) is 0 Å². The molecule has 22 heavy (non-hydrogen) atoms. The van der Waals surface area contributed by atoms with Crippen LogP contribution in [-0.4, -0.2) is 20.4 Å². The van der Waals surface area contributed by atoms with Gasteiger partial charge in [0.1, 0.15) is 23.0 Å². The summed E-state index contributed by atoms with van der Waals surface area (Å²) < 4.78 is 11.0. The summed E-state index contributed by atoms with van der Waals surface area (Å²) in [6.07, 6.45) is 0. The summed E-state index contributed by atoms with van der Waals surface area (Å²) in [7, 11) is 0. The molecule has 0 aliphatic carbocycles. The van der Waals surface area contributed by atoms with Crippen LogP contribution in [0.2, 0.25) is 0 Å². The monoisotopic (exact) mass is 296 g/mol. The quantitative estimate of drug-likeness (QED) is 0.766. The Labute approximate surface area is 126 Å². The summed E-state index contributed by atoms with van der Waals surface area (Å²) in [5.41, 5.74) is 0. The van der Waals surface area contributed by atoms with E-state index in [1.54, 1.807) is 36.4 Å². The van der Waals surface area contributed by atoms with Crippen molar-refractivity contribution in [3.8, 4) is 34.8 Å². The molecule has 6 heteroatoms. The van der Waals surface area contributed by atoms with Gasteiger partial charge in [0, 0.05) is 12.1 Å². The van der Waals surface area contributed by atoms with E-state index in [4.69, 9.17) is 9.47 Å². The average Bonchev–Trinajstić information content (AvgIpc) is 2.54.